The molecule has 2 heterocycles. The molecule has 128 valence electrons. The number of aromatic nitrogens is 2. The number of nitrogens with one attached hydrogen (secondary N) is 2. The van der Waals surface area contributed by atoms with Crippen LogP contribution >= 0.6 is 0 Å². The van der Waals surface area contributed by atoms with E-state index in [1.54, 1.807) is 13.1 Å². The zero-order valence-corrected chi connectivity index (χ0v) is 13.8. The van der Waals surface area contributed by atoms with Crippen LogP contribution in [0.1, 0.15) is 36.5 Å². The fraction of sp³-hybridized carbons (Fsp3) is 0.556. The molecule has 2 fully saturated rings. The summed E-state index contributed by atoms with van der Waals surface area (Å²) in [4.78, 5) is 19.8. The largest absolute Gasteiger partial charge is 0.462 e. The molecule has 6 nitrogen and oxygen atoms in total. The van der Waals surface area contributed by atoms with Gasteiger partial charge in [-0.1, -0.05) is 0 Å². The van der Waals surface area contributed by atoms with Crippen molar-refractivity contribution >= 4 is 22.7 Å². The van der Waals surface area contributed by atoms with Crippen LogP contribution in [-0.4, -0.2) is 40.3 Å². The Labute approximate surface area is 140 Å². The minimum Gasteiger partial charge on any atom is -0.462 e. The Hall–Kier alpha value is -2.08. The molecule has 3 N–H and O–H groups in total. The van der Waals surface area contributed by atoms with E-state index in [1.807, 2.05) is 12.3 Å². The van der Waals surface area contributed by atoms with Crippen LogP contribution in [0.3, 0.4) is 0 Å². The topological polar surface area (TPSA) is 87.2 Å². The van der Waals surface area contributed by atoms with Crippen molar-refractivity contribution in [2.24, 2.45) is 17.8 Å². The van der Waals surface area contributed by atoms with Crippen molar-refractivity contribution in [1.82, 2.24) is 9.97 Å². The summed E-state index contributed by atoms with van der Waals surface area (Å²) in [7, 11) is 0. The smallest absolute Gasteiger partial charge is 0.341 e. The highest BCUT2D eigenvalue weighted by Gasteiger charge is 2.47. The van der Waals surface area contributed by atoms with Crippen molar-refractivity contribution < 1.29 is 14.6 Å². The summed E-state index contributed by atoms with van der Waals surface area (Å²) in [6.45, 7) is 2.32. The van der Waals surface area contributed by atoms with Crippen LogP contribution in [0.15, 0.2) is 18.5 Å². The molecule has 0 saturated heterocycles. The second-order valence-corrected chi connectivity index (χ2v) is 6.86. The normalized spacial score (nSPS) is 28.4. The lowest BCUT2D eigenvalue weighted by atomic mass is 9.84. The van der Waals surface area contributed by atoms with Gasteiger partial charge in [0.05, 0.1) is 12.3 Å². The van der Waals surface area contributed by atoms with Crippen LogP contribution < -0.4 is 5.32 Å². The van der Waals surface area contributed by atoms with Gasteiger partial charge in [-0.25, -0.2) is 9.78 Å². The first kappa shape index (κ1) is 15.4. The van der Waals surface area contributed by atoms with E-state index in [1.165, 1.54) is 19.3 Å². The number of fused-ring (bicyclic) bond motifs is 3. The van der Waals surface area contributed by atoms with Crippen LogP contribution in [0.5, 0.6) is 0 Å². The molecular weight excluding hydrogens is 306 g/mol. The highest BCUT2D eigenvalue weighted by Crippen LogP contribution is 2.49. The van der Waals surface area contributed by atoms with E-state index in [9.17, 15) is 9.90 Å². The van der Waals surface area contributed by atoms with Crippen molar-refractivity contribution in [3.8, 4) is 0 Å². The van der Waals surface area contributed by atoms with Crippen molar-refractivity contribution in [3.63, 3.8) is 0 Å². The molecule has 0 aliphatic heterocycles. The molecule has 2 aliphatic rings. The highest BCUT2D eigenvalue weighted by molar-refractivity contribution is 6.04. The predicted octanol–water partition coefficient (Wildman–Crippen LogP) is 2.56. The van der Waals surface area contributed by atoms with Gasteiger partial charge in [0.25, 0.3) is 0 Å². The number of aromatic amines is 1. The second-order valence-electron chi connectivity index (χ2n) is 6.86. The molecule has 0 radical (unpaired) electrons. The Morgan fingerprint density at radius 2 is 2.29 bits per heavy atom. The minimum absolute atomic E-state index is 0.189. The second kappa shape index (κ2) is 6.09. The quantitative estimate of drug-likeness (QED) is 0.734. The molecule has 2 aromatic heterocycles. The number of pyridine rings is 1. The molecule has 24 heavy (non-hydrogen) atoms. The van der Waals surface area contributed by atoms with E-state index in [0.29, 0.717) is 24.0 Å². The molecule has 6 heteroatoms. The Balaban J connectivity index is 1.73. The Bertz CT molecular complexity index is 757. The molecule has 2 saturated carbocycles. The van der Waals surface area contributed by atoms with Crippen molar-refractivity contribution in [2.75, 3.05) is 18.5 Å². The minimum atomic E-state index is -0.362. The molecular formula is C18H23N3O3. The SMILES string of the molecule is CCOC(=O)c1cnc2[nH]ccc2c1N[C@H]1[C@@H]2CC[C@@H](C2)[C@H]1CO. The van der Waals surface area contributed by atoms with Crippen LogP contribution in [-0.2, 0) is 4.74 Å². The van der Waals surface area contributed by atoms with Gasteiger partial charge in [-0.15, -0.1) is 0 Å². The van der Waals surface area contributed by atoms with Gasteiger partial charge >= 0.3 is 5.97 Å². The lowest BCUT2D eigenvalue weighted by Gasteiger charge is -2.32. The number of hydrogen-bond donors (Lipinski definition) is 3. The molecule has 4 rings (SSSR count). The summed E-state index contributed by atoms with van der Waals surface area (Å²) in [6, 6.07) is 2.12. The maximum absolute atomic E-state index is 12.4. The first-order valence-electron chi connectivity index (χ1n) is 8.73. The number of anilines is 1. The number of H-pyrrole nitrogens is 1. The number of aliphatic hydroxyl groups is 1. The number of nitrogens with zero attached hydrogens (tertiary/aromatic N) is 1. The molecule has 0 aromatic carbocycles. The first-order chi connectivity index (χ1) is 11.7. The molecule has 4 atom stereocenters. The van der Waals surface area contributed by atoms with E-state index in [4.69, 9.17) is 4.74 Å². The van der Waals surface area contributed by atoms with Crippen molar-refractivity contribution in [1.29, 1.82) is 0 Å². The van der Waals surface area contributed by atoms with Gasteiger partial charge in [0, 0.05) is 36.3 Å². The molecule has 2 aliphatic carbocycles. The van der Waals surface area contributed by atoms with Gasteiger partial charge in [-0.3, -0.25) is 0 Å². The zero-order valence-electron chi connectivity index (χ0n) is 13.8. The third kappa shape index (κ3) is 2.36. The van der Waals surface area contributed by atoms with E-state index in [2.05, 4.69) is 15.3 Å². The van der Waals surface area contributed by atoms with Crippen molar-refractivity contribution in [3.05, 3.63) is 24.0 Å². The maximum atomic E-state index is 12.4. The molecule has 2 aromatic rings. The van der Waals surface area contributed by atoms with E-state index >= 15 is 0 Å². The number of carbonyl (C=O) groups excluding carboxylic acids is 1. The number of esters is 1. The number of carbonyl (C=O) groups is 1. The van der Waals surface area contributed by atoms with Crippen molar-refractivity contribution in [2.45, 2.75) is 32.2 Å². The summed E-state index contributed by atoms with van der Waals surface area (Å²) in [5.74, 6) is 1.04. The maximum Gasteiger partial charge on any atom is 0.341 e. The van der Waals surface area contributed by atoms with Crippen LogP contribution in [0.4, 0.5) is 5.69 Å². The number of hydrogen-bond acceptors (Lipinski definition) is 5. The Kier molecular flexibility index (Phi) is 3.92. The fourth-order valence-electron chi connectivity index (χ4n) is 4.59. The van der Waals surface area contributed by atoms with E-state index in [0.717, 1.165) is 16.7 Å². The zero-order chi connectivity index (χ0) is 16.7. The highest BCUT2D eigenvalue weighted by atomic mass is 16.5. The summed E-state index contributed by atoms with van der Waals surface area (Å²) >= 11 is 0. The number of ether oxygens (including phenoxy) is 1. The number of rotatable bonds is 5. The Morgan fingerprint density at radius 1 is 1.46 bits per heavy atom. The lowest BCUT2D eigenvalue weighted by Crippen LogP contribution is -2.37. The van der Waals surface area contributed by atoms with Crippen LogP contribution in [0.2, 0.25) is 0 Å². The predicted molar refractivity (Wildman–Crippen MR) is 90.9 cm³/mol. The number of aliphatic hydroxyl groups excluding tert-OH is 1. The van der Waals surface area contributed by atoms with Crippen LogP contribution in [0, 0.1) is 17.8 Å². The molecule has 0 spiro atoms. The third-order valence-corrected chi connectivity index (χ3v) is 5.69. The summed E-state index contributed by atoms with van der Waals surface area (Å²) < 4.78 is 5.20. The average molecular weight is 329 g/mol. The van der Waals surface area contributed by atoms with Gasteiger partial charge in [-0.2, -0.15) is 0 Å². The van der Waals surface area contributed by atoms with Crippen LogP contribution in [0.25, 0.3) is 11.0 Å². The standard InChI is InChI=1S/C18H23N3O3/c1-2-24-18(23)13-8-20-17-12(5-6-19-17)16(13)21-15-11-4-3-10(7-11)14(15)9-22/h5-6,8,10-11,14-15,22H,2-4,7,9H2,1H3,(H2,19,20,21)/t10-,11+,14+,15-/m0/s1. The summed E-state index contributed by atoms with van der Waals surface area (Å²) in [5.41, 5.74) is 1.98. The fourth-order valence-corrected chi connectivity index (χ4v) is 4.59. The lowest BCUT2D eigenvalue weighted by molar-refractivity contribution is 0.0527. The first-order valence-corrected chi connectivity index (χ1v) is 8.73. The summed E-state index contributed by atoms with van der Waals surface area (Å²) in [5, 5.41) is 14.3. The molecule has 0 amide bonds. The van der Waals surface area contributed by atoms with Gasteiger partial charge < -0.3 is 20.1 Å². The van der Waals surface area contributed by atoms with Gasteiger partial charge in [0.1, 0.15) is 11.2 Å². The monoisotopic (exact) mass is 329 g/mol. The van der Waals surface area contributed by atoms with E-state index in [-0.39, 0.29) is 24.5 Å². The average Bonchev–Trinajstić information content (AvgIpc) is 3.30. The van der Waals surface area contributed by atoms with E-state index < -0.39 is 0 Å². The van der Waals surface area contributed by atoms with Gasteiger partial charge in [0.2, 0.25) is 0 Å². The summed E-state index contributed by atoms with van der Waals surface area (Å²) in [6.07, 6.45) is 6.95. The van der Waals surface area contributed by atoms with Gasteiger partial charge in [0.15, 0.2) is 0 Å². The molecule has 0 unspecified atom stereocenters. The van der Waals surface area contributed by atoms with Gasteiger partial charge in [-0.05, 0) is 44.1 Å². The molecule has 2 bridgehead atoms. The third-order valence-electron chi connectivity index (χ3n) is 5.69. The Morgan fingerprint density at radius 3 is 3.08 bits per heavy atom.